The van der Waals surface area contributed by atoms with Gasteiger partial charge in [0.15, 0.2) is 11.8 Å². The summed E-state index contributed by atoms with van der Waals surface area (Å²) in [6, 6.07) is 0.586. The van der Waals surface area contributed by atoms with Crippen LogP contribution in [0.2, 0.25) is 0 Å². The predicted octanol–water partition coefficient (Wildman–Crippen LogP) is 2.20. The fourth-order valence-corrected chi connectivity index (χ4v) is 9.01. The second-order valence-electron chi connectivity index (χ2n) is 14.5. The highest BCUT2D eigenvalue weighted by Crippen LogP contribution is 2.60. The molecule has 3 aromatic rings. The molecular weight excluding hydrogens is 612 g/mol. The molecule has 0 aliphatic heterocycles. The van der Waals surface area contributed by atoms with E-state index in [1.807, 2.05) is 13.8 Å². The van der Waals surface area contributed by atoms with E-state index in [-0.39, 0.29) is 48.8 Å². The molecule has 48 heavy (non-hydrogen) atoms. The largest absolute Gasteiger partial charge is 0.508 e. The van der Waals surface area contributed by atoms with Crippen LogP contribution >= 0.6 is 0 Å². The monoisotopic (exact) mass is 660 g/mol. The molecule has 258 valence electrons. The van der Waals surface area contributed by atoms with Crippen molar-refractivity contribution in [3.05, 3.63) is 58.8 Å². The van der Waals surface area contributed by atoms with E-state index in [1.54, 1.807) is 24.7 Å². The second kappa shape index (κ2) is 14.0. The minimum absolute atomic E-state index is 0.118. The van der Waals surface area contributed by atoms with Gasteiger partial charge in [-0.3, -0.25) is 15.0 Å². The number of nitrogens with two attached hydrogens (primary N) is 2. The fraction of sp³-hybridized carbons (Fsp3) is 0.588. The van der Waals surface area contributed by atoms with Gasteiger partial charge < -0.3 is 42.0 Å². The van der Waals surface area contributed by atoms with E-state index >= 15 is 0 Å². The molecule has 1 aromatic carbocycles. The maximum atomic E-state index is 14.2. The number of nitrogens with zero attached hydrogens (tertiary/aromatic N) is 3. The summed E-state index contributed by atoms with van der Waals surface area (Å²) in [6.45, 7) is 3.86. The Bertz CT molecular complexity index is 1560. The zero-order valence-corrected chi connectivity index (χ0v) is 27.7. The Labute approximate surface area is 280 Å². The standard InChI is InChI=1S/C34H48N10O4/c1-18-5-24(45)6-19(2)25(18)11-27(40-30(46)26(3-4-35)42-33(36)37)31(47)41-28(10-23-16-38-17-39-23)32-43-29(44-48-32)15-34-12-20-7-21(13-34)9-22(8-20)14-34/h5-6,16-17,20-22,26-28,45H,3-4,7-15,35H2,1-2H3,(H,38,39)(H,40,46)(H,41,47)(H4,36,37,42)/t20?,21?,22?,26?,27?,28-,34?/m0/s1. The van der Waals surface area contributed by atoms with Crippen molar-refractivity contribution in [2.75, 3.05) is 6.54 Å². The highest BCUT2D eigenvalue weighted by Gasteiger charge is 2.51. The van der Waals surface area contributed by atoms with Gasteiger partial charge in [0.05, 0.1) is 12.0 Å². The average Bonchev–Trinajstić information content (AvgIpc) is 3.69. The number of aromatic hydroxyl groups is 1. The summed E-state index contributed by atoms with van der Waals surface area (Å²) in [7, 11) is 0. The first kappa shape index (κ1) is 33.4. The Balaban J connectivity index is 1.24. The highest BCUT2D eigenvalue weighted by molar-refractivity contribution is 5.92. The second-order valence-corrected chi connectivity index (χ2v) is 14.5. The van der Waals surface area contributed by atoms with Crippen LogP contribution in [0.1, 0.15) is 85.1 Å². The third-order valence-electron chi connectivity index (χ3n) is 10.6. The number of carbonyl (C=O) groups is 2. The molecule has 3 atom stereocenters. The van der Waals surface area contributed by atoms with Crippen LogP contribution < -0.4 is 27.4 Å². The van der Waals surface area contributed by atoms with E-state index in [1.165, 1.54) is 38.5 Å². The van der Waals surface area contributed by atoms with Crippen LogP contribution in [0.15, 0.2) is 29.2 Å². The lowest BCUT2D eigenvalue weighted by Gasteiger charge is -2.56. The number of hydrogen-bond acceptors (Lipinski definition) is 9. The molecule has 2 heterocycles. The summed E-state index contributed by atoms with van der Waals surface area (Å²) in [4.78, 5) is 39.8. The van der Waals surface area contributed by atoms with Crippen molar-refractivity contribution >= 4 is 17.8 Å². The van der Waals surface area contributed by atoms with Crippen LogP contribution in [0.3, 0.4) is 0 Å². The minimum atomic E-state index is -1.04. The number of benzene rings is 1. The number of aromatic nitrogens is 4. The molecule has 4 aliphatic carbocycles. The zero-order chi connectivity index (χ0) is 34.0. The molecule has 4 fully saturated rings. The smallest absolute Gasteiger partial charge is 0.249 e. The van der Waals surface area contributed by atoms with E-state index in [2.05, 4.69) is 31.1 Å². The SMILES string of the molecule is Cc1cc(O)cc(C)c1CC(NC(=O)C(CCN)NC(=N)N)C(=O)N[C@@H](Cc1c[nH]cn1)c1nc(CC23CC4CC(CC(C4)C2)C3)no1. The van der Waals surface area contributed by atoms with Crippen LogP contribution in [-0.2, 0) is 28.9 Å². The predicted molar refractivity (Wildman–Crippen MR) is 178 cm³/mol. The van der Waals surface area contributed by atoms with Crippen molar-refractivity contribution in [2.45, 2.75) is 96.2 Å². The first-order valence-electron chi connectivity index (χ1n) is 17.0. The number of phenolic OH excluding ortho intramolecular Hbond substituents is 1. The zero-order valence-electron chi connectivity index (χ0n) is 27.7. The van der Waals surface area contributed by atoms with Crippen LogP contribution in [-0.4, -0.2) is 61.6 Å². The normalized spacial score (nSPS) is 24.5. The number of nitrogens with one attached hydrogen (secondary N) is 5. The van der Waals surface area contributed by atoms with Crippen LogP contribution in [0.5, 0.6) is 5.75 Å². The number of carbonyl (C=O) groups excluding carboxylic acids is 2. The molecule has 0 spiro atoms. The van der Waals surface area contributed by atoms with E-state index in [0.717, 1.165) is 40.9 Å². The molecular formula is C34H48N10O4. The topological polar surface area (TPSA) is 234 Å². The number of amides is 2. The quantitative estimate of drug-likeness (QED) is 0.0927. The number of guanidine groups is 1. The van der Waals surface area contributed by atoms with Crippen molar-refractivity contribution in [1.29, 1.82) is 5.41 Å². The lowest BCUT2D eigenvalue weighted by atomic mass is 9.49. The molecule has 14 heteroatoms. The Morgan fingerprint density at radius 2 is 1.69 bits per heavy atom. The van der Waals surface area contributed by atoms with Crippen molar-refractivity contribution in [3.63, 3.8) is 0 Å². The van der Waals surface area contributed by atoms with Crippen LogP contribution in [0, 0.1) is 42.4 Å². The maximum absolute atomic E-state index is 14.2. The van der Waals surface area contributed by atoms with Crippen LogP contribution in [0.25, 0.3) is 0 Å². The first-order chi connectivity index (χ1) is 23.0. The Morgan fingerprint density at radius 1 is 1.04 bits per heavy atom. The molecule has 14 nitrogen and oxygen atoms in total. The summed E-state index contributed by atoms with van der Waals surface area (Å²) < 4.78 is 5.84. The lowest BCUT2D eigenvalue weighted by molar-refractivity contribution is -0.130. The molecule has 0 radical (unpaired) electrons. The molecule has 2 amide bonds. The maximum Gasteiger partial charge on any atom is 0.249 e. The highest BCUT2D eigenvalue weighted by atomic mass is 16.5. The molecule has 4 aliphatic rings. The number of imidazole rings is 1. The van der Waals surface area contributed by atoms with Gasteiger partial charge in [-0.05, 0) is 117 Å². The number of hydrogen-bond donors (Lipinski definition) is 8. The van der Waals surface area contributed by atoms with Gasteiger partial charge in [0.25, 0.3) is 0 Å². The molecule has 4 saturated carbocycles. The third-order valence-corrected chi connectivity index (χ3v) is 10.6. The lowest BCUT2D eigenvalue weighted by Crippen LogP contribution is -2.56. The minimum Gasteiger partial charge on any atom is -0.508 e. The molecule has 7 rings (SSSR count). The van der Waals surface area contributed by atoms with Gasteiger partial charge in [0.2, 0.25) is 17.7 Å². The van der Waals surface area contributed by atoms with Crippen molar-refractivity contribution in [1.82, 2.24) is 36.1 Å². The van der Waals surface area contributed by atoms with Gasteiger partial charge in [-0.15, -0.1) is 0 Å². The number of H-pyrrole nitrogens is 1. The first-order valence-corrected chi connectivity index (χ1v) is 17.0. The van der Waals surface area contributed by atoms with Gasteiger partial charge in [-0.1, -0.05) is 5.16 Å². The molecule has 0 saturated heterocycles. The van der Waals surface area contributed by atoms with E-state index < -0.39 is 29.9 Å². The van der Waals surface area contributed by atoms with Gasteiger partial charge in [0, 0.05) is 25.5 Å². The third kappa shape index (κ3) is 7.64. The molecule has 4 bridgehead atoms. The van der Waals surface area contributed by atoms with Crippen molar-refractivity contribution in [2.24, 2.45) is 34.6 Å². The van der Waals surface area contributed by atoms with Crippen molar-refractivity contribution in [3.8, 4) is 5.75 Å². The summed E-state index contributed by atoms with van der Waals surface area (Å²) in [5.74, 6) is 2.10. The summed E-state index contributed by atoms with van der Waals surface area (Å²) in [6.07, 6.45) is 12.4. The van der Waals surface area contributed by atoms with Gasteiger partial charge >= 0.3 is 0 Å². The Morgan fingerprint density at radius 3 is 2.27 bits per heavy atom. The Kier molecular flexibility index (Phi) is 9.72. The average molecular weight is 661 g/mol. The fourth-order valence-electron chi connectivity index (χ4n) is 9.01. The summed E-state index contributed by atoms with van der Waals surface area (Å²) in [5, 5.41) is 30.7. The molecule has 2 unspecified atom stereocenters. The molecule has 10 N–H and O–H groups in total. The number of rotatable bonds is 14. The van der Waals surface area contributed by atoms with E-state index in [0.29, 0.717) is 11.5 Å². The van der Waals surface area contributed by atoms with E-state index in [9.17, 15) is 14.7 Å². The van der Waals surface area contributed by atoms with Gasteiger partial charge in [0.1, 0.15) is 23.9 Å². The van der Waals surface area contributed by atoms with Gasteiger partial charge in [-0.2, -0.15) is 4.98 Å². The summed E-state index contributed by atoms with van der Waals surface area (Å²) in [5.41, 5.74) is 14.6. The summed E-state index contributed by atoms with van der Waals surface area (Å²) >= 11 is 0. The van der Waals surface area contributed by atoms with Gasteiger partial charge in [-0.25, -0.2) is 4.98 Å². The Hall–Kier alpha value is -4.46. The number of aryl methyl sites for hydroxylation is 2. The van der Waals surface area contributed by atoms with Crippen molar-refractivity contribution < 1.29 is 19.2 Å². The number of phenols is 1. The molecule has 2 aromatic heterocycles. The van der Waals surface area contributed by atoms with Crippen LogP contribution in [0.4, 0.5) is 0 Å². The van der Waals surface area contributed by atoms with E-state index in [4.69, 9.17) is 26.4 Å². The number of aromatic amines is 1.